The van der Waals surface area contributed by atoms with Crippen molar-refractivity contribution in [2.45, 2.75) is 0 Å². The summed E-state index contributed by atoms with van der Waals surface area (Å²) in [6.45, 7) is 0. The summed E-state index contributed by atoms with van der Waals surface area (Å²) in [7, 11) is 1.76. The molecule has 0 atom stereocenters. The van der Waals surface area contributed by atoms with Crippen molar-refractivity contribution in [1.82, 2.24) is 4.57 Å². The van der Waals surface area contributed by atoms with E-state index in [0.29, 0.717) is 10.9 Å². The molecule has 0 saturated carbocycles. The Kier molecular flexibility index (Phi) is 2.95. The van der Waals surface area contributed by atoms with Gasteiger partial charge in [0, 0.05) is 24.1 Å². The maximum Gasteiger partial charge on any atom is 0.394 e. The zero-order chi connectivity index (χ0) is 14.2. The van der Waals surface area contributed by atoms with Gasteiger partial charge in [0.25, 0.3) is 0 Å². The fourth-order valence-electron chi connectivity index (χ4n) is 1.77. The summed E-state index contributed by atoms with van der Waals surface area (Å²) >= 11 is 0. The minimum atomic E-state index is -1.68. The molecule has 7 nitrogen and oxygen atoms in total. The van der Waals surface area contributed by atoms with Crippen LogP contribution >= 0.6 is 0 Å². The molecule has 1 heterocycles. The largest absolute Gasteiger partial charge is 0.478 e. The molecule has 7 heteroatoms. The van der Waals surface area contributed by atoms with Crippen LogP contribution in [0, 0.1) is 0 Å². The number of carbonyl (C=O) groups excluding carboxylic acids is 1. The number of nitrogens with one attached hydrogen (secondary N) is 1. The number of aliphatic carboxylic acids is 1. The third-order valence-electron chi connectivity index (χ3n) is 2.70. The van der Waals surface area contributed by atoms with Gasteiger partial charge in [0.2, 0.25) is 0 Å². The quantitative estimate of drug-likeness (QED) is 0.697. The summed E-state index contributed by atoms with van der Waals surface area (Å²) < 4.78 is 1.73. The molecule has 19 heavy (non-hydrogen) atoms. The van der Waals surface area contributed by atoms with Crippen LogP contribution in [-0.4, -0.2) is 32.6 Å². The zero-order valence-corrected chi connectivity index (χ0v) is 9.88. The van der Waals surface area contributed by atoms with E-state index in [0.717, 1.165) is 0 Å². The molecule has 1 aromatic carbocycles. The molecule has 0 fully saturated rings. The first-order valence-corrected chi connectivity index (χ1v) is 5.27. The number of aromatic nitrogens is 1. The van der Waals surface area contributed by atoms with Crippen molar-refractivity contribution < 1.29 is 24.6 Å². The summed E-state index contributed by atoms with van der Waals surface area (Å²) in [5, 5.41) is 20.4. The van der Waals surface area contributed by atoms with E-state index < -0.39 is 17.8 Å². The maximum absolute atomic E-state index is 11.1. The van der Waals surface area contributed by atoms with E-state index in [-0.39, 0.29) is 11.3 Å². The molecule has 0 aliphatic heterocycles. The number of carbonyl (C=O) groups is 3. The van der Waals surface area contributed by atoms with Crippen LogP contribution in [0.1, 0.15) is 10.4 Å². The average Bonchev–Trinajstić information content (AvgIpc) is 2.69. The topological polar surface area (TPSA) is 109 Å². The van der Waals surface area contributed by atoms with Crippen LogP contribution in [0.3, 0.4) is 0 Å². The van der Waals surface area contributed by atoms with Gasteiger partial charge in [0.15, 0.2) is 0 Å². The normalized spacial score (nSPS) is 10.4. The number of fused-ring (bicyclic) bond motifs is 1. The number of nitrogens with zero attached hydrogens (tertiary/aromatic N) is 1. The number of amides is 1. The molecule has 0 saturated heterocycles. The molecule has 0 aliphatic rings. The van der Waals surface area contributed by atoms with E-state index in [4.69, 9.17) is 10.2 Å². The molecule has 0 bridgehead atoms. The molecule has 2 rings (SSSR count). The third-order valence-corrected chi connectivity index (χ3v) is 2.70. The molecule has 98 valence electrons. The average molecular weight is 262 g/mol. The Morgan fingerprint density at radius 1 is 1.21 bits per heavy atom. The number of anilines is 1. The molecule has 3 N–H and O–H groups in total. The van der Waals surface area contributed by atoms with Gasteiger partial charge < -0.3 is 20.1 Å². The van der Waals surface area contributed by atoms with Gasteiger partial charge in [-0.2, -0.15) is 0 Å². The fraction of sp³-hybridized carbons (Fsp3) is 0.0833. The van der Waals surface area contributed by atoms with Crippen LogP contribution in [0.15, 0.2) is 24.4 Å². The van der Waals surface area contributed by atoms with Gasteiger partial charge in [0.1, 0.15) is 0 Å². The first-order chi connectivity index (χ1) is 8.90. The van der Waals surface area contributed by atoms with Crippen LogP contribution in [0.25, 0.3) is 10.9 Å². The summed E-state index contributed by atoms with van der Waals surface area (Å²) in [4.78, 5) is 32.8. The summed E-state index contributed by atoms with van der Waals surface area (Å²) in [5.41, 5.74) is 0.480. The Morgan fingerprint density at radius 2 is 1.89 bits per heavy atom. The predicted octanol–water partition coefficient (Wildman–Crippen LogP) is 0.900. The number of aryl methyl sites for hydroxylation is 1. The number of carboxylic acid groups (broad SMARTS) is 2. The Labute approximate surface area is 107 Å². The SMILES string of the molecule is Cn1ccc2cc(C(=O)O)c(NC(=O)C(=O)O)cc21. The van der Waals surface area contributed by atoms with E-state index in [1.807, 2.05) is 0 Å². The smallest absolute Gasteiger partial charge is 0.394 e. The molecule has 0 aliphatic carbocycles. The van der Waals surface area contributed by atoms with Crippen LogP contribution in [0.2, 0.25) is 0 Å². The minimum Gasteiger partial charge on any atom is -0.478 e. The highest BCUT2D eigenvalue weighted by Gasteiger charge is 2.18. The number of hydrogen-bond acceptors (Lipinski definition) is 3. The minimum absolute atomic E-state index is 0.0470. The van der Waals surface area contributed by atoms with Crippen molar-refractivity contribution in [3.63, 3.8) is 0 Å². The third kappa shape index (κ3) is 2.25. The van der Waals surface area contributed by atoms with E-state index in [1.165, 1.54) is 12.1 Å². The second-order valence-electron chi connectivity index (χ2n) is 3.95. The maximum atomic E-state index is 11.1. The lowest BCUT2D eigenvalue weighted by atomic mass is 10.1. The van der Waals surface area contributed by atoms with Gasteiger partial charge in [-0.3, -0.25) is 4.79 Å². The predicted molar refractivity (Wildman–Crippen MR) is 66.1 cm³/mol. The van der Waals surface area contributed by atoms with E-state index in [1.54, 1.807) is 23.9 Å². The van der Waals surface area contributed by atoms with E-state index in [9.17, 15) is 14.4 Å². The Balaban J connectivity index is 2.58. The van der Waals surface area contributed by atoms with Crippen LogP contribution in [0.4, 0.5) is 5.69 Å². The van der Waals surface area contributed by atoms with Gasteiger partial charge in [-0.15, -0.1) is 0 Å². The summed E-state index contributed by atoms with van der Waals surface area (Å²) in [6.07, 6.45) is 1.74. The van der Waals surface area contributed by atoms with E-state index in [2.05, 4.69) is 5.32 Å². The fourth-order valence-corrected chi connectivity index (χ4v) is 1.77. The first-order valence-electron chi connectivity index (χ1n) is 5.27. The zero-order valence-electron chi connectivity index (χ0n) is 9.88. The molecule has 1 aromatic heterocycles. The second-order valence-corrected chi connectivity index (χ2v) is 3.95. The molecule has 0 spiro atoms. The standard InChI is InChI=1S/C12H10N2O5/c1-14-3-2-6-4-7(11(16)17)8(5-9(6)14)13-10(15)12(18)19/h2-5H,1H3,(H,13,15)(H,16,17)(H,18,19). The number of benzene rings is 1. The summed E-state index contributed by atoms with van der Waals surface area (Å²) in [6, 6.07) is 4.54. The number of carboxylic acids is 2. The number of aromatic carboxylic acids is 1. The van der Waals surface area contributed by atoms with Gasteiger partial charge in [0.05, 0.1) is 11.3 Å². The molecular formula is C12H10N2O5. The Bertz CT molecular complexity index is 701. The second kappa shape index (κ2) is 4.45. The number of rotatable bonds is 2. The molecule has 0 unspecified atom stereocenters. The van der Waals surface area contributed by atoms with Gasteiger partial charge in [-0.05, 0) is 18.2 Å². The van der Waals surface area contributed by atoms with E-state index >= 15 is 0 Å². The van der Waals surface area contributed by atoms with Crippen LogP contribution < -0.4 is 5.32 Å². The van der Waals surface area contributed by atoms with Crippen molar-refractivity contribution in [2.24, 2.45) is 7.05 Å². The highest BCUT2D eigenvalue weighted by Crippen LogP contribution is 2.24. The Morgan fingerprint density at radius 3 is 2.47 bits per heavy atom. The molecule has 2 aromatic rings. The lowest BCUT2D eigenvalue weighted by Crippen LogP contribution is -2.23. The highest BCUT2D eigenvalue weighted by atomic mass is 16.4. The van der Waals surface area contributed by atoms with Crippen LogP contribution in [-0.2, 0) is 16.6 Å². The Hall–Kier alpha value is -2.83. The van der Waals surface area contributed by atoms with Gasteiger partial charge in [-0.25, -0.2) is 9.59 Å². The monoisotopic (exact) mass is 262 g/mol. The van der Waals surface area contributed by atoms with Gasteiger partial charge in [-0.1, -0.05) is 0 Å². The molecule has 0 radical (unpaired) electrons. The first kappa shape index (κ1) is 12.6. The lowest BCUT2D eigenvalue weighted by molar-refractivity contribution is -0.147. The van der Waals surface area contributed by atoms with Crippen molar-refractivity contribution in [2.75, 3.05) is 5.32 Å². The van der Waals surface area contributed by atoms with Crippen molar-refractivity contribution in [3.05, 3.63) is 30.0 Å². The molecule has 1 amide bonds. The van der Waals surface area contributed by atoms with Gasteiger partial charge >= 0.3 is 17.8 Å². The van der Waals surface area contributed by atoms with Crippen molar-refractivity contribution >= 4 is 34.4 Å². The summed E-state index contributed by atoms with van der Waals surface area (Å²) in [5.74, 6) is -4.20. The van der Waals surface area contributed by atoms with Crippen molar-refractivity contribution in [1.29, 1.82) is 0 Å². The van der Waals surface area contributed by atoms with Crippen molar-refractivity contribution in [3.8, 4) is 0 Å². The number of hydrogen-bond donors (Lipinski definition) is 3. The van der Waals surface area contributed by atoms with Crippen LogP contribution in [0.5, 0.6) is 0 Å². The lowest BCUT2D eigenvalue weighted by Gasteiger charge is -2.08. The highest BCUT2D eigenvalue weighted by molar-refractivity contribution is 6.37. The molecular weight excluding hydrogens is 252 g/mol.